The lowest BCUT2D eigenvalue weighted by Gasteiger charge is -2.30. The highest BCUT2D eigenvalue weighted by Crippen LogP contribution is 2.34. The Morgan fingerprint density at radius 2 is 1.94 bits per heavy atom. The van der Waals surface area contributed by atoms with E-state index in [1.807, 2.05) is 6.92 Å². The summed E-state index contributed by atoms with van der Waals surface area (Å²) in [7, 11) is 2.28. The predicted octanol–water partition coefficient (Wildman–Crippen LogP) is 6.62. The van der Waals surface area contributed by atoms with Gasteiger partial charge >= 0.3 is 0 Å². The van der Waals surface area contributed by atoms with E-state index in [2.05, 4.69) is 64.2 Å². The first kappa shape index (κ1) is 28.4. The van der Waals surface area contributed by atoms with Crippen LogP contribution in [0.5, 0.6) is 0 Å². The summed E-state index contributed by atoms with van der Waals surface area (Å²) >= 11 is 6.72. The number of rotatable bonds is 10. The van der Waals surface area contributed by atoms with Gasteiger partial charge in [0.2, 0.25) is 0 Å². The van der Waals surface area contributed by atoms with E-state index < -0.39 is 10.1 Å². The molecule has 0 aromatic heterocycles. The molecule has 0 saturated heterocycles. The van der Waals surface area contributed by atoms with Crippen molar-refractivity contribution in [3.05, 3.63) is 69.9 Å². The van der Waals surface area contributed by atoms with Gasteiger partial charge in [-0.15, -0.1) is 0 Å². The molecule has 1 aliphatic carbocycles. The molecular weight excluding hydrogens is 468 g/mol. The van der Waals surface area contributed by atoms with Crippen molar-refractivity contribution in [1.29, 1.82) is 0 Å². The van der Waals surface area contributed by atoms with E-state index in [9.17, 15) is 13.0 Å². The van der Waals surface area contributed by atoms with Gasteiger partial charge in [-0.25, -0.2) is 0 Å². The van der Waals surface area contributed by atoms with Crippen molar-refractivity contribution in [2.75, 3.05) is 39.1 Å². The summed E-state index contributed by atoms with van der Waals surface area (Å²) in [5.41, 5.74) is 5.12. The van der Waals surface area contributed by atoms with Crippen LogP contribution in [0.25, 0.3) is 0 Å². The number of benzene rings is 1. The van der Waals surface area contributed by atoms with Crippen LogP contribution in [0.4, 0.5) is 5.69 Å². The first-order valence-corrected chi connectivity index (χ1v) is 13.7. The molecular formula is C27H40ClN2O3S+. The summed E-state index contributed by atoms with van der Waals surface area (Å²) in [6.45, 7) is 7.86. The van der Waals surface area contributed by atoms with E-state index in [4.69, 9.17) is 11.6 Å². The van der Waals surface area contributed by atoms with Gasteiger partial charge in [-0.3, -0.25) is 4.55 Å². The van der Waals surface area contributed by atoms with Crippen molar-refractivity contribution >= 4 is 27.4 Å². The van der Waals surface area contributed by atoms with Crippen LogP contribution in [0.2, 0.25) is 0 Å². The standard InChI is InChI=1S/C27H39ClN2O3S/c1-7-8-11-23-12-9-13-24(27(23)28)15-14-22(3)29(18-10-19-30(4,5)6)26-17-16-25(20-21(26)2)34(31,32)33/h8,11,14-17,20H,7,9-10,12-13,18-19H2,1-6H3/p+1/b11-8+,22-14+,24-15+. The molecule has 34 heavy (non-hydrogen) atoms. The lowest BCUT2D eigenvalue weighted by atomic mass is 9.94. The van der Waals surface area contributed by atoms with Gasteiger partial charge in [0.15, 0.2) is 0 Å². The van der Waals surface area contributed by atoms with Crippen LogP contribution in [0.15, 0.2) is 69.3 Å². The predicted molar refractivity (Wildman–Crippen MR) is 144 cm³/mol. The molecule has 7 heteroatoms. The minimum atomic E-state index is -4.24. The SMILES string of the molecule is CC/C=C/C1=C(Cl)C(=C/C=C(\C)N(CCC[N+](C)(C)C)c2ccc(S(=O)(=O)O)cc2C)/CCC1. The number of aryl methyl sites for hydroxylation is 1. The van der Waals surface area contributed by atoms with Crippen molar-refractivity contribution in [1.82, 2.24) is 0 Å². The number of hydrogen-bond donors (Lipinski definition) is 1. The molecule has 5 nitrogen and oxygen atoms in total. The summed E-state index contributed by atoms with van der Waals surface area (Å²) in [5.74, 6) is 0. The molecule has 0 bridgehead atoms. The molecule has 0 atom stereocenters. The van der Waals surface area contributed by atoms with Gasteiger partial charge in [-0.2, -0.15) is 8.42 Å². The number of hydrogen-bond acceptors (Lipinski definition) is 3. The third kappa shape index (κ3) is 8.42. The molecule has 1 aromatic rings. The molecule has 1 aromatic carbocycles. The third-order valence-corrected chi connectivity index (χ3v) is 7.26. The molecule has 0 aliphatic heterocycles. The van der Waals surface area contributed by atoms with Gasteiger partial charge in [0.25, 0.3) is 10.1 Å². The fraction of sp³-hybridized carbons (Fsp3) is 0.481. The van der Waals surface area contributed by atoms with Crippen molar-refractivity contribution in [2.24, 2.45) is 0 Å². The lowest BCUT2D eigenvalue weighted by molar-refractivity contribution is -0.870. The number of nitrogens with zero attached hydrogens (tertiary/aromatic N) is 2. The summed E-state index contributed by atoms with van der Waals surface area (Å²) in [5, 5.41) is 0.852. The highest BCUT2D eigenvalue weighted by Gasteiger charge is 2.18. The average Bonchev–Trinajstić information content (AvgIpc) is 2.74. The van der Waals surface area contributed by atoms with Crippen molar-refractivity contribution in [3.8, 4) is 0 Å². The largest absolute Gasteiger partial charge is 0.345 e. The van der Waals surface area contributed by atoms with Gasteiger partial charge in [-0.05, 0) is 80.5 Å². The average molecular weight is 508 g/mol. The van der Waals surface area contributed by atoms with Crippen molar-refractivity contribution in [3.63, 3.8) is 0 Å². The van der Waals surface area contributed by atoms with Crippen LogP contribution in [0.1, 0.15) is 51.5 Å². The van der Waals surface area contributed by atoms with Crippen LogP contribution >= 0.6 is 11.6 Å². The van der Waals surface area contributed by atoms with E-state index in [1.165, 1.54) is 17.7 Å². The molecule has 0 unspecified atom stereocenters. The lowest BCUT2D eigenvalue weighted by Crippen LogP contribution is -2.37. The van der Waals surface area contributed by atoms with Gasteiger partial charge < -0.3 is 9.38 Å². The fourth-order valence-corrected chi connectivity index (χ4v) is 4.94. The summed E-state index contributed by atoms with van der Waals surface area (Å²) in [4.78, 5) is 2.13. The topological polar surface area (TPSA) is 57.6 Å². The number of anilines is 1. The van der Waals surface area contributed by atoms with E-state index in [1.54, 1.807) is 6.07 Å². The van der Waals surface area contributed by atoms with Crippen molar-refractivity contribution < 1.29 is 17.5 Å². The summed E-state index contributed by atoms with van der Waals surface area (Å²) < 4.78 is 33.5. The van der Waals surface area contributed by atoms with Crippen molar-refractivity contribution in [2.45, 2.75) is 57.8 Å². The first-order chi connectivity index (χ1) is 15.8. The Hall–Kier alpha value is -1.86. The minimum Gasteiger partial charge on any atom is -0.345 e. The Morgan fingerprint density at radius 1 is 1.24 bits per heavy atom. The number of quaternary nitrogens is 1. The van der Waals surface area contributed by atoms with Crippen LogP contribution in [-0.4, -0.2) is 51.7 Å². The molecule has 0 amide bonds. The molecule has 0 saturated carbocycles. The fourth-order valence-electron chi connectivity index (χ4n) is 4.06. The monoisotopic (exact) mass is 507 g/mol. The molecule has 1 aliphatic rings. The van der Waals surface area contributed by atoms with E-state index in [0.717, 1.165) is 77.2 Å². The van der Waals surface area contributed by atoms with E-state index in [-0.39, 0.29) is 4.90 Å². The first-order valence-electron chi connectivity index (χ1n) is 11.9. The maximum Gasteiger partial charge on any atom is 0.294 e. The van der Waals surface area contributed by atoms with E-state index in [0.29, 0.717) is 0 Å². The summed E-state index contributed by atoms with van der Waals surface area (Å²) in [6.07, 6.45) is 13.5. The van der Waals surface area contributed by atoms with Gasteiger partial charge in [0.05, 0.1) is 32.6 Å². The maximum absolute atomic E-state index is 11.6. The van der Waals surface area contributed by atoms with Gasteiger partial charge in [0.1, 0.15) is 0 Å². The molecule has 2 rings (SSSR count). The zero-order valence-electron chi connectivity index (χ0n) is 21.4. The molecule has 0 fully saturated rings. The number of halogens is 1. The molecule has 188 valence electrons. The highest BCUT2D eigenvalue weighted by molar-refractivity contribution is 7.85. The maximum atomic E-state index is 11.6. The van der Waals surface area contributed by atoms with Crippen LogP contribution in [0, 0.1) is 6.92 Å². The molecule has 0 radical (unpaired) electrons. The smallest absolute Gasteiger partial charge is 0.294 e. The van der Waals surface area contributed by atoms with Crippen LogP contribution in [-0.2, 0) is 10.1 Å². The zero-order valence-corrected chi connectivity index (χ0v) is 23.0. The minimum absolute atomic E-state index is 0.0874. The second-order valence-electron chi connectivity index (χ2n) is 9.95. The third-order valence-electron chi connectivity index (χ3n) is 5.93. The Balaban J connectivity index is 2.41. The van der Waals surface area contributed by atoms with Gasteiger partial charge in [0, 0.05) is 29.4 Å². The molecule has 0 heterocycles. The molecule has 0 spiro atoms. The second-order valence-corrected chi connectivity index (χ2v) is 11.7. The Morgan fingerprint density at radius 3 is 2.53 bits per heavy atom. The van der Waals surface area contributed by atoms with Crippen LogP contribution < -0.4 is 4.90 Å². The Bertz CT molecular complexity index is 1090. The molecule has 1 N–H and O–H groups in total. The van der Waals surface area contributed by atoms with E-state index >= 15 is 0 Å². The zero-order chi connectivity index (χ0) is 25.5. The van der Waals surface area contributed by atoms with Crippen LogP contribution in [0.3, 0.4) is 0 Å². The van der Waals surface area contributed by atoms with Gasteiger partial charge in [-0.1, -0.05) is 36.8 Å². The summed E-state index contributed by atoms with van der Waals surface area (Å²) in [6, 6.07) is 4.76. The number of allylic oxidation sites excluding steroid dienone is 8. The quantitative estimate of drug-likeness (QED) is 0.285. The Labute approximate surface area is 211 Å². The normalized spacial score (nSPS) is 17.2. The Kier molecular flexibility index (Phi) is 10.2. The highest BCUT2D eigenvalue weighted by atomic mass is 35.5. The second kappa shape index (κ2) is 12.2.